The van der Waals surface area contributed by atoms with E-state index < -0.39 is 5.97 Å². The lowest BCUT2D eigenvalue weighted by molar-refractivity contribution is -0.131. The van der Waals surface area contributed by atoms with Gasteiger partial charge in [-0.15, -0.1) is 11.3 Å². The molecule has 1 aromatic rings. The van der Waals surface area contributed by atoms with Crippen LogP contribution >= 0.6 is 23.1 Å². The summed E-state index contributed by atoms with van der Waals surface area (Å²) in [6.07, 6.45) is 3.64. The average Bonchev–Trinajstić information content (AvgIpc) is 3.04. The van der Waals surface area contributed by atoms with Crippen molar-refractivity contribution in [2.45, 2.75) is 13.0 Å². The van der Waals surface area contributed by atoms with Crippen LogP contribution < -0.4 is 5.32 Å². The summed E-state index contributed by atoms with van der Waals surface area (Å²) in [6.45, 7) is 0.519. The zero-order valence-corrected chi connectivity index (χ0v) is 11.9. The van der Waals surface area contributed by atoms with Crippen LogP contribution in [0.25, 0.3) is 6.08 Å². The topological polar surface area (TPSA) is 66.4 Å². The number of hydrogen-bond acceptors (Lipinski definition) is 4. The molecule has 1 aromatic heterocycles. The molecule has 2 N–H and O–H groups in total. The summed E-state index contributed by atoms with van der Waals surface area (Å²) in [6, 6.07) is 3.77. The van der Waals surface area contributed by atoms with Gasteiger partial charge in [0.15, 0.2) is 0 Å². The highest BCUT2D eigenvalue weighted by Crippen LogP contribution is 2.24. The van der Waals surface area contributed by atoms with Crippen LogP contribution in [0, 0.1) is 5.92 Å². The van der Waals surface area contributed by atoms with Crippen LogP contribution in [0.15, 0.2) is 18.2 Å². The predicted octanol–water partition coefficient (Wildman–Crippen LogP) is 2.22. The summed E-state index contributed by atoms with van der Waals surface area (Å²) < 4.78 is 0. The second-order valence-electron chi connectivity index (χ2n) is 4.25. The number of carboxylic acids is 1. The van der Waals surface area contributed by atoms with E-state index in [4.69, 9.17) is 5.11 Å². The van der Waals surface area contributed by atoms with Gasteiger partial charge in [-0.3, -0.25) is 4.79 Å². The maximum Gasteiger partial charge on any atom is 0.328 e. The molecule has 0 spiro atoms. The van der Waals surface area contributed by atoms with Crippen LogP contribution in [0.2, 0.25) is 0 Å². The molecule has 4 nitrogen and oxygen atoms in total. The Balaban J connectivity index is 1.82. The molecule has 0 aliphatic carbocycles. The predicted molar refractivity (Wildman–Crippen MR) is 78.3 cm³/mol. The molecule has 1 amide bonds. The molecule has 1 aliphatic rings. The van der Waals surface area contributed by atoms with Gasteiger partial charge in [0, 0.05) is 27.5 Å². The van der Waals surface area contributed by atoms with Crippen LogP contribution in [-0.4, -0.2) is 28.5 Å². The number of thioether (sulfide) groups is 1. The summed E-state index contributed by atoms with van der Waals surface area (Å²) in [5.74, 6) is 1.31. The average molecular weight is 297 g/mol. The van der Waals surface area contributed by atoms with Gasteiger partial charge in [-0.2, -0.15) is 11.8 Å². The van der Waals surface area contributed by atoms with E-state index in [1.165, 1.54) is 11.3 Å². The molecule has 6 heteroatoms. The molecule has 1 atom stereocenters. The van der Waals surface area contributed by atoms with Crippen LogP contribution in [0.1, 0.15) is 16.2 Å². The summed E-state index contributed by atoms with van der Waals surface area (Å²) >= 11 is 3.31. The number of carbonyl (C=O) groups excluding carboxylic acids is 1. The van der Waals surface area contributed by atoms with Gasteiger partial charge in [-0.25, -0.2) is 4.79 Å². The molecule has 2 heterocycles. The molecule has 0 radical (unpaired) electrons. The summed E-state index contributed by atoms with van der Waals surface area (Å²) in [5, 5.41) is 11.5. The standard InChI is InChI=1S/C13H15NO3S2/c15-12(16)4-3-10-1-2-11(19-10)7-14-13(17)9-5-6-18-8-9/h1-4,9H,5-8H2,(H,14,17)(H,15,16). The van der Waals surface area contributed by atoms with Crippen LogP contribution in [-0.2, 0) is 16.1 Å². The van der Waals surface area contributed by atoms with E-state index in [2.05, 4.69) is 5.32 Å². The van der Waals surface area contributed by atoms with Gasteiger partial charge in [0.1, 0.15) is 0 Å². The molecule has 0 bridgehead atoms. The van der Waals surface area contributed by atoms with Crippen molar-refractivity contribution in [3.8, 4) is 0 Å². The van der Waals surface area contributed by atoms with Gasteiger partial charge < -0.3 is 10.4 Å². The Morgan fingerprint density at radius 3 is 3.00 bits per heavy atom. The van der Waals surface area contributed by atoms with E-state index in [0.717, 1.165) is 33.8 Å². The zero-order valence-electron chi connectivity index (χ0n) is 10.3. The number of carboxylic acid groups (broad SMARTS) is 1. The van der Waals surface area contributed by atoms with Crippen LogP contribution in [0.4, 0.5) is 0 Å². The Hall–Kier alpha value is -1.27. The number of carbonyl (C=O) groups is 2. The van der Waals surface area contributed by atoms with E-state index >= 15 is 0 Å². The van der Waals surface area contributed by atoms with Crippen molar-refractivity contribution in [2.75, 3.05) is 11.5 Å². The molecule has 1 saturated heterocycles. The van der Waals surface area contributed by atoms with Crippen molar-refractivity contribution in [1.82, 2.24) is 5.32 Å². The first-order valence-corrected chi connectivity index (χ1v) is 7.97. The van der Waals surface area contributed by atoms with E-state index in [-0.39, 0.29) is 11.8 Å². The second kappa shape index (κ2) is 6.77. The fourth-order valence-corrected chi connectivity index (χ4v) is 3.87. The Kier molecular flexibility index (Phi) is 5.04. The van der Waals surface area contributed by atoms with Gasteiger partial charge in [0.25, 0.3) is 0 Å². The lowest BCUT2D eigenvalue weighted by Gasteiger charge is -2.08. The molecule has 0 saturated carbocycles. The summed E-state index contributed by atoms with van der Waals surface area (Å²) in [5.41, 5.74) is 0. The Labute approximate surface area is 119 Å². The zero-order chi connectivity index (χ0) is 13.7. The Bertz CT molecular complexity index is 490. The number of nitrogens with one attached hydrogen (secondary N) is 1. The highest BCUT2D eigenvalue weighted by atomic mass is 32.2. The molecule has 1 aliphatic heterocycles. The smallest absolute Gasteiger partial charge is 0.328 e. The van der Waals surface area contributed by atoms with E-state index in [9.17, 15) is 9.59 Å². The van der Waals surface area contributed by atoms with Gasteiger partial charge in [-0.05, 0) is 30.4 Å². The lowest BCUT2D eigenvalue weighted by Crippen LogP contribution is -2.29. The molecule has 1 fully saturated rings. The third-order valence-electron chi connectivity index (χ3n) is 2.81. The largest absolute Gasteiger partial charge is 0.478 e. The number of rotatable bonds is 5. The molecule has 102 valence electrons. The second-order valence-corrected chi connectivity index (χ2v) is 6.60. The maximum absolute atomic E-state index is 11.8. The third kappa shape index (κ3) is 4.40. The lowest BCUT2D eigenvalue weighted by atomic mass is 10.1. The first-order valence-electron chi connectivity index (χ1n) is 6.00. The number of thiophene rings is 1. The summed E-state index contributed by atoms with van der Waals surface area (Å²) in [7, 11) is 0. The fraction of sp³-hybridized carbons (Fsp3) is 0.385. The number of aliphatic carboxylic acids is 1. The van der Waals surface area contributed by atoms with Crippen molar-refractivity contribution in [3.63, 3.8) is 0 Å². The highest BCUT2D eigenvalue weighted by Gasteiger charge is 2.22. The molecule has 0 aromatic carbocycles. The van der Waals surface area contributed by atoms with Crippen molar-refractivity contribution in [2.24, 2.45) is 5.92 Å². The van der Waals surface area contributed by atoms with Crippen molar-refractivity contribution in [3.05, 3.63) is 28.0 Å². The van der Waals surface area contributed by atoms with E-state index in [1.54, 1.807) is 6.08 Å². The van der Waals surface area contributed by atoms with Crippen molar-refractivity contribution < 1.29 is 14.7 Å². The van der Waals surface area contributed by atoms with Gasteiger partial charge in [-0.1, -0.05) is 0 Å². The minimum atomic E-state index is -0.956. The molecule has 1 unspecified atom stereocenters. The molecular formula is C13H15NO3S2. The maximum atomic E-state index is 11.8. The molecular weight excluding hydrogens is 282 g/mol. The first kappa shape index (κ1) is 14.1. The van der Waals surface area contributed by atoms with Gasteiger partial charge in [0.2, 0.25) is 5.91 Å². The minimum Gasteiger partial charge on any atom is -0.478 e. The highest BCUT2D eigenvalue weighted by molar-refractivity contribution is 7.99. The fourth-order valence-electron chi connectivity index (χ4n) is 1.79. The minimum absolute atomic E-state index is 0.126. The van der Waals surface area contributed by atoms with Gasteiger partial charge in [0.05, 0.1) is 6.54 Å². The SMILES string of the molecule is O=C(O)C=Cc1ccc(CNC(=O)C2CCSC2)s1. The molecule has 19 heavy (non-hydrogen) atoms. The van der Waals surface area contributed by atoms with Crippen molar-refractivity contribution >= 4 is 41.1 Å². The normalized spacial score (nSPS) is 18.8. The number of hydrogen-bond donors (Lipinski definition) is 2. The van der Waals surface area contributed by atoms with Gasteiger partial charge >= 0.3 is 5.97 Å². The summed E-state index contributed by atoms with van der Waals surface area (Å²) in [4.78, 5) is 24.1. The number of amides is 1. The van der Waals surface area contributed by atoms with E-state index in [0.29, 0.717) is 6.54 Å². The molecule has 2 rings (SSSR count). The first-order chi connectivity index (χ1) is 9.15. The van der Waals surface area contributed by atoms with Crippen molar-refractivity contribution in [1.29, 1.82) is 0 Å². The Morgan fingerprint density at radius 2 is 2.32 bits per heavy atom. The van der Waals surface area contributed by atoms with Crippen LogP contribution in [0.3, 0.4) is 0 Å². The quantitative estimate of drug-likeness (QED) is 0.818. The van der Waals surface area contributed by atoms with E-state index in [1.807, 2.05) is 23.9 Å². The third-order valence-corrected chi connectivity index (χ3v) is 5.02. The van der Waals surface area contributed by atoms with Crippen LogP contribution in [0.5, 0.6) is 0 Å². The Morgan fingerprint density at radius 1 is 1.47 bits per heavy atom. The monoisotopic (exact) mass is 297 g/mol.